The van der Waals surface area contributed by atoms with Gasteiger partial charge < -0.3 is 16.2 Å². The van der Waals surface area contributed by atoms with Crippen molar-refractivity contribution in [2.75, 3.05) is 26.2 Å². The minimum absolute atomic E-state index is 0. The molecule has 0 amide bonds. The number of nitrogens with two attached hydrogens (primary N) is 1. The summed E-state index contributed by atoms with van der Waals surface area (Å²) in [5, 5.41) is 11.6. The van der Waals surface area contributed by atoms with Gasteiger partial charge in [-0.1, -0.05) is 0 Å². The van der Waals surface area contributed by atoms with Crippen LogP contribution in [0.3, 0.4) is 0 Å². The van der Waals surface area contributed by atoms with Gasteiger partial charge in [-0.15, -0.1) is 24.8 Å². The van der Waals surface area contributed by atoms with E-state index in [1.54, 1.807) is 0 Å². The lowest BCUT2D eigenvalue weighted by Gasteiger charge is -2.00. The number of nitrogens with one attached hydrogen (secondary N) is 1. The molecule has 5 heteroatoms. The first-order valence-corrected chi connectivity index (χ1v) is 3.93. The van der Waals surface area contributed by atoms with E-state index in [2.05, 4.69) is 5.32 Å². The highest BCUT2D eigenvalue weighted by atomic mass is 35.5. The Kier molecular flexibility index (Phi) is 26.7. The van der Waals surface area contributed by atoms with Crippen molar-refractivity contribution >= 4 is 24.8 Å². The standard InChI is InChI=1S/C7H18N2O.2ClH/c8-4-6-9-5-2-1-3-7-10;;/h9-10H,1-8H2;2*1H. The lowest BCUT2D eigenvalue weighted by atomic mass is 10.2. The minimum Gasteiger partial charge on any atom is -0.396 e. The van der Waals surface area contributed by atoms with Crippen LogP contribution in [0.1, 0.15) is 19.3 Å². The third kappa shape index (κ3) is 16.8. The van der Waals surface area contributed by atoms with Crippen LogP contribution < -0.4 is 11.1 Å². The molecule has 0 rings (SSSR count). The molecular weight excluding hydrogens is 199 g/mol. The van der Waals surface area contributed by atoms with Crippen LogP contribution in [-0.4, -0.2) is 31.3 Å². The maximum Gasteiger partial charge on any atom is 0.0431 e. The zero-order valence-corrected chi connectivity index (χ0v) is 8.92. The highest BCUT2D eigenvalue weighted by Crippen LogP contribution is 1.90. The zero-order chi connectivity index (χ0) is 7.66. The molecule has 0 aliphatic rings. The van der Waals surface area contributed by atoms with Crippen LogP contribution in [-0.2, 0) is 0 Å². The number of unbranched alkanes of at least 4 members (excludes halogenated alkanes) is 2. The summed E-state index contributed by atoms with van der Waals surface area (Å²) in [6.07, 6.45) is 3.17. The maximum atomic E-state index is 8.43. The van der Waals surface area contributed by atoms with Crippen LogP contribution in [0.25, 0.3) is 0 Å². The Morgan fingerprint density at radius 1 is 1.00 bits per heavy atom. The Morgan fingerprint density at radius 3 is 2.17 bits per heavy atom. The highest BCUT2D eigenvalue weighted by molar-refractivity contribution is 5.85. The van der Waals surface area contributed by atoms with Gasteiger partial charge in [0.15, 0.2) is 0 Å². The molecule has 4 N–H and O–H groups in total. The molecule has 0 aromatic heterocycles. The average Bonchev–Trinajstić information content (AvgIpc) is 1.97. The molecule has 0 fully saturated rings. The lowest BCUT2D eigenvalue weighted by molar-refractivity contribution is 0.283. The van der Waals surface area contributed by atoms with Crippen LogP contribution >= 0.6 is 24.8 Å². The van der Waals surface area contributed by atoms with E-state index in [1.807, 2.05) is 0 Å². The van der Waals surface area contributed by atoms with Gasteiger partial charge in [0, 0.05) is 19.7 Å². The van der Waals surface area contributed by atoms with Crippen molar-refractivity contribution in [2.24, 2.45) is 5.73 Å². The van der Waals surface area contributed by atoms with Crippen molar-refractivity contribution in [3.63, 3.8) is 0 Å². The van der Waals surface area contributed by atoms with Crippen LogP contribution in [0.15, 0.2) is 0 Å². The molecule has 0 radical (unpaired) electrons. The van der Waals surface area contributed by atoms with E-state index in [-0.39, 0.29) is 24.8 Å². The van der Waals surface area contributed by atoms with E-state index in [1.165, 1.54) is 0 Å². The number of hydrogen-bond acceptors (Lipinski definition) is 3. The van der Waals surface area contributed by atoms with E-state index in [9.17, 15) is 0 Å². The van der Waals surface area contributed by atoms with Crippen LogP contribution in [0, 0.1) is 0 Å². The number of aliphatic hydroxyl groups is 1. The molecule has 0 unspecified atom stereocenters. The third-order valence-electron chi connectivity index (χ3n) is 1.33. The van der Waals surface area contributed by atoms with E-state index >= 15 is 0 Å². The van der Waals surface area contributed by atoms with Crippen molar-refractivity contribution in [3.05, 3.63) is 0 Å². The number of hydrogen-bond donors (Lipinski definition) is 3. The Labute approximate surface area is 86.9 Å². The molecule has 0 heterocycles. The van der Waals surface area contributed by atoms with Crippen LogP contribution in [0.2, 0.25) is 0 Å². The van der Waals surface area contributed by atoms with Gasteiger partial charge in [0.1, 0.15) is 0 Å². The molecule has 0 spiro atoms. The summed E-state index contributed by atoms with van der Waals surface area (Å²) >= 11 is 0. The number of rotatable bonds is 7. The fourth-order valence-electron chi connectivity index (χ4n) is 0.766. The fraction of sp³-hybridized carbons (Fsp3) is 1.00. The summed E-state index contributed by atoms with van der Waals surface area (Å²) in [7, 11) is 0. The quantitative estimate of drug-likeness (QED) is 0.548. The predicted octanol–water partition coefficient (Wildman–Crippen LogP) is 0.541. The second-order valence-corrected chi connectivity index (χ2v) is 2.32. The van der Waals surface area contributed by atoms with Gasteiger partial charge in [-0.25, -0.2) is 0 Å². The van der Waals surface area contributed by atoms with Crippen molar-refractivity contribution in [2.45, 2.75) is 19.3 Å². The van der Waals surface area contributed by atoms with Gasteiger partial charge >= 0.3 is 0 Å². The van der Waals surface area contributed by atoms with Crippen molar-refractivity contribution in [1.82, 2.24) is 5.32 Å². The molecule has 0 saturated heterocycles. The van der Waals surface area contributed by atoms with E-state index in [0.29, 0.717) is 13.2 Å². The van der Waals surface area contributed by atoms with Gasteiger partial charge in [-0.05, 0) is 25.8 Å². The van der Waals surface area contributed by atoms with Gasteiger partial charge in [0.25, 0.3) is 0 Å². The summed E-state index contributed by atoms with van der Waals surface area (Å²) in [6, 6.07) is 0. The van der Waals surface area contributed by atoms with Crippen LogP contribution in [0.5, 0.6) is 0 Å². The normalized spacial score (nSPS) is 8.50. The maximum absolute atomic E-state index is 8.43. The molecule has 0 aliphatic heterocycles. The molecule has 78 valence electrons. The monoisotopic (exact) mass is 218 g/mol. The molecule has 0 aromatic carbocycles. The summed E-state index contributed by atoms with van der Waals surface area (Å²) in [5.74, 6) is 0. The molecular formula is C7H20Cl2N2O. The summed E-state index contributed by atoms with van der Waals surface area (Å²) in [6.45, 7) is 2.95. The molecule has 0 atom stereocenters. The molecule has 12 heavy (non-hydrogen) atoms. The summed E-state index contributed by atoms with van der Waals surface area (Å²) in [5.41, 5.74) is 5.27. The molecule has 0 bridgehead atoms. The van der Waals surface area contributed by atoms with Gasteiger partial charge in [-0.3, -0.25) is 0 Å². The zero-order valence-electron chi connectivity index (χ0n) is 7.29. The molecule has 3 nitrogen and oxygen atoms in total. The Hall–Kier alpha value is 0.460. The second kappa shape index (κ2) is 17.5. The SMILES string of the molecule is Cl.Cl.NCCNCCCCCO. The first kappa shape index (κ1) is 18.3. The van der Waals surface area contributed by atoms with E-state index in [4.69, 9.17) is 10.8 Å². The lowest BCUT2D eigenvalue weighted by Crippen LogP contribution is -2.23. The average molecular weight is 219 g/mol. The van der Waals surface area contributed by atoms with Crippen molar-refractivity contribution < 1.29 is 5.11 Å². The van der Waals surface area contributed by atoms with E-state index in [0.717, 1.165) is 32.4 Å². The summed E-state index contributed by atoms with van der Waals surface area (Å²) in [4.78, 5) is 0. The third-order valence-corrected chi connectivity index (χ3v) is 1.33. The van der Waals surface area contributed by atoms with Crippen LogP contribution in [0.4, 0.5) is 0 Å². The fourth-order valence-corrected chi connectivity index (χ4v) is 0.766. The number of halogens is 2. The smallest absolute Gasteiger partial charge is 0.0431 e. The Morgan fingerprint density at radius 2 is 1.67 bits per heavy atom. The predicted molar refractivity (Wildman–Crippen MR) is 57.4 cm³/mol. The first-order chi connectivity index (χ1) is 4.91. The van der Waals surface area contributed by atoms with Gasteiger partial charge in [0.2, 0.25) is 0 Å². The minimum atomic E-state index is 0. The number of aliphatic hydroxyl groups excluding tert-OH is 1. The second-order valence-electron chi connectivity index (χ2n) is 2.32. The Balaban J connectivity index is -0.000000405. The largest absolute Gasteiger partial charge is 0.396 e. The van der Waals surface area contributed by atoms with Crippen molar-refractivity contribution in [3.8, 4) is 0 Å². The highest BCUT2D eigenvalue weighted by Gasteiger charge is 1.86. The molecule has 0 aliphatic carbocycles. The van der Waals surface area contributed by atoms with E-state index < -0.39 is 0 Å². The summed E-state index contributed by atoms with van der Waals surface area (Å²) < 4.78 is 0. The van der Waals surface area contributed by atoms with Gasteiger partial charge in [-0.2, -0.15) is 0 Å². The Bertz CT molecular complexity index is 59.4. The first-order valence-electron chi connectivity index (χ1n) is 3.93. The topological polar surface area (TPSA) is 58.3 Å². The van der Waals surface area contributed by atoms with Crippen molar-refractivity contribution in [1.29, 1.82) is 0 Å². The molecule has 0 saturated carbocycles. The van der Waals surface area contributed by atoms with Gasteiger partial charge in [0.05, 0.1) is 0 Å². The molecule has 0 aromatic rings.